The van der Waals surface area contributed by atoms with E-state index in [4.69, 9.17) is 0 Å². The van der Waals surface area contributed by atoms with E-state index in [-0.39, 0.29) is 5.41 Å². The van der Waals surface area contributed by atoms with Crippen LogP contribution < -0.4 is 16.0 Å². The van der Waals surface area contributed by atoms with Crippen LogP contribution in [0.2, 0.25) is 0 Å². The van der Waals surface area contributed by atoms with Crippen molar-refractivity contribution in [1.29, 1.82) is 0 Å². The van der Waals surface area contributed by atoms with Crippen molar-refractivity contribution in [3.63, 3.8) is 0 Å². The Balaban J connectivity index is 1.54. The Bertz CT molecular complexity index is 876. The lowest BCUT2D eigenvalue weighted by atomic mass is 9.53. The van der Waals surface area contributed by atoms with E-state index in [2.05, 4.69) is 47.1 Å². The molecule has 2 aliphatic carbocycles. The summed E-state index contributed by atoms with van der Waals surface area (Å²) in [5.41, 5.74) is 6.00. The molecule has 1 aliphatic heterocycles. The largest absolute Gasteiger partial charge is 0.506 e. The van der Waals surface area contributed by atoms with Crippen LogP contribution >= 0.6 is 0 Å². The summed E-state index contributed by atoms with van der Waals surface area (Å²) in [6, 6.07) is 13.1. The molecular formula is C24H31N3O. The maximum Gasteiger partial charge on any atom is 0.139 e. The van der Waals surface area contributed by atoms with Crippen molar-refractivity contribution in [2.45, 2.75) is 56.9 Å². The highest BCUT2D eigenvalue weighted by Gasteiger charge is 2.51. The van der Waals surface area contributed by atoms with Gasteiger partial charge in [0, 0.05) is 18.0 Å². The van der Waals surface area contributed by atoms with Crippen molar-refractivity contribution in [3.8, 4) is 5.75 Å². The fourth-order valence-electron chi connectivity index (χ4n) is 6.15. The number of phenolic OH excluding ortho intramolecular Hbond substituents is 1. The molecule has 0 unspecified atom stereocenters. The minimum Gasteiger partial charge on any atom is -0.506 e. The third kappa shape index (κ3) is 2.77. The Morgan fingerprint density at radius 2 is 1.96 bits per heavy atom. The fourth-order valence-corrected chi connectivity index (χ4v) is 6.15. The highest BCUT2D eigenvalue weighted by molar-refractivity contribution is 5.77. The number of benzene rings is 2. The first-order valence-electron chi connectivity index (χ1n) is 10.9. The smallest absolute Gasteiger partial charge is 0.139 e. The number of rotatable bonds is 4. The lowest BCUT2D eigenvalue weighted by molar-refractivity contribution is 0.0796. The molecule has 2 aromatic rings. The number of para-hydroxylation sites is 2. The van der Waals surface area contributed by atoms with Gasteiger partial charge in [-0.15, -0.1) is 0 Å². The monoisotopic (exact) mass is 377 g/mol. The molecule has 148 valence electrons. The lowest BCUT2D eigenvalue weighted by Crippen LogP contribution is -2.59. The van der Waals surface area contributed by atoms with E-state index in [1.54, 1.807) is 0 Å². The molecule has 1 saturated heterocycles. The first-order chi connectivity index (χ1) is 13.7. The zero-order valence-electron chi connectivity index (χ0n) is 16.7. The van der Waals surface area contributed by atoms with Crippen molar-refractivity contribution < 1.29 is 5.11 Å². The van der Waals surface area contributed by atoms with Gasteiger partial charge in [-0.25, -0.2) is 0 Å². The van der Waals surface area contributed by atoms with Gasteiger partial charge in [0.15, 0.2) is 0 Å². The molecule has 28 heavy (non-hydrogen) atoms. The van der Waals surface area contributed by atoms with E-state index >= 15 is 0 Å². The van der Waals surface area contributed by atoms with Crippen LogP contribution in [0.4, 0.5) is 17.1 Å². The van der Waals surface area contributed by atoms with E-state index in [0.29, 0.717) is 11.8 Å². The van der Waals surface area contributed by atoms with Crippen LogP contribution in [0.3, 0.4) is 0 Å². The van der Waals surface area contributed by atoms with Gasteiger partial charge in [0.1, 0.15) is 5.75 Å². The van der Waals surface area contributed by atoms with Gasteiger partial charge in [0.25, 0.3) is 0 Å². The van der Waals surface area contributed by atoms with E-state index in [1.165, 1.54) is 43.2 Å². The molecule has 3 atom stereocenters. The number of anilines is 3. The molecule has 4 nitrogen and oxygen atoms in total. The van der Waals surface area contributed by atoms with Crippen LogP contribution in [0.25, 0.3) is 0 Å². The average Bonchev–Trinajstić information content (AvgIpc) is 2.71. The molecule has 1 heterocycles. The van der Waals surface area contributed by atoms with E-state index in [9.17, 15) is 5.11 Å². The Morgan fingerprint density at radius 3 is 2.82 bits per heavy atom. The quantitative estimate of drug-likeness (QED) is 0.572. The first kappa shape index (κ1) is 17.9. The maximum atomic E-state index is 10.9. The van der Waals surface area contributed by atoms with Gasteiger partial charge in [-0.05, 0) is 80.5 Å². The van der Waals surface area contributed by atoms with Crippen molar-refractivity contribution in [2.75, 3.05) is 23.7 Å². The second-order valence-electron chi connectivity index (χ2n) is 8.75. The normalized spacial score (nSPS) is 28.2. The van der Waals surface area contributed by atoms with E-state index in [0.717, 1.165) is 42.5 Å². The summed E-state index contributed by atoms with van der Waals surface area (Å²) >= 11 is 0. The van der Waals surface area contributed by atoms with Crippen molar-refractivity contribution in [2.24, 2.45) is 5.92 Å². The Hall–Kier alpha value is -2.20. The lowest BCUT2D eigenvalue weighted by Gasteiger charge is -2.56. The second kappa shape index (κ2) is 7.00. The molecule has 0 radical (unpaired) electrons. The summed E-state index contributed by atoms with van der Waals surface area (Å²) in [5.74, 6) is 1.11. The first-order valence-corrected chi connectivity index (χ1v) is 10.9. The predicted octanol–water partition coefficient (Wildman–Crippen LogP) is 4.91. The van der Waals surface area contributed by atoms with Crippen LogP contribution in [0, 0.1) is 5.92 Å². The number of nitrogens with one attached hydrogen (secondary N) is 3. The summed E-state index contributed by atoms with van der Waals surface area (Å²) in [5, 5.41) is 21.6. The molecule has 0 spiro atoms. The summed E-state index contributed by atoms with van der Waals surface area (Å²) in [6.45, 7) is 4.07. The van der Waals surface area contributed by atoms with Gasteiger partial charge in [-0.3, -0.25) is 0 Å². The zero-order valence-corrected chi connectivity index (χ0v) is 16.7. The number of piperidine rings is 1. The minimum atomic E-state index is 0.277. The average molecular weight is 378 g/mol. The number of fused-ring (bicyclic) bond motifs is 1. The van der Waals surface area contributed by atoms with Crippen molar-refractivity contribution in [3.05, 3.63) is 47.5 Å². The number of hydrogen-bond acceptors (Lipinski definition) is 4. The number of aromatic hydroxyl groups is 1. The highest BCUT2D eigenvalue weighted by atomic mass is 16.3. The Morgan fingerprint density at radius 1 is 1.11 bits per heavy atom. The van der Waals surface area contributed by atoms with Crippen molar-refractivity contribution in [1.82, 2.24) is 5.32 Å². The molecule has 2 aromatic carbocycles. The number of hydrogen-bond donors (Lipinski definition) is 4. The molecule has 0 amide bonds. The standard InChI is InChI=1S/C24H31N3O/c1-2-25-19-8-3-4-9-20(19)27-22-14-16-13-21-17-7-5-6-10-24(17,11-12-26-21)18(16)15-23(22)28/h3-4,8-9,14-15,17,21,25-28H,2,5-7,10-13H2,1H3/t17-,21+,24+/m0/s1. The highest BCUT2D eigenvalue weighted by Crippen LogP contribution is 2.55. The Labute approximate surface area is 167 Å². The van der Waals surface area contributed by atoms with Gasteiger partial charge in [-0.2, -0.15) is 0 Å². The molecule has 1 saturated carbocycles. The van der Waals surface area contributed by atoms with Gasteiger partial charge < -0.3 is 21.1 Å². The van der Waals surface area contributed by atoms with Crippen LogP contribution in [-0.4, -0.2) is 24.2 Å². The Kier molecular flexibility index (Phi) is 4.47. The van der Waals surface area contributed by atoms with E-state index < -0.39 is 0 Å². The topological polar surface area (TPSA) is 56.3 Å². The molecule has 0 aromatic heterocycles. The molecule has 4 N–H and O–H groups in total. The second-order valence-corrected chi connectivity index (χ2v) is 8.75. The van der Waals surface area contributed by atoms with Crippen LogP contribution in [0.5, 0.6) is 5.75 Å². The molecular weight excluding hydrogens is 346 g/mol. The third-order valence-corrected chi connectivity index (χ3v) is 7.32. The maximum absolute atomic E-state index is 10.9. The third-order valence-electron chi connectivity index (χ3n) is 7.32. The van der Waals surface area contributed by atoms with Gasteiger partial charge in [0.2, 0.25) is 0 Å². The van der Waals surface area contributed by atoms with Gasteiger partial charge in [0.05, 0.1) is 17.1 Å². The predicted molar refractivity (Wildman–Crippen MR) is 116 cm³/mol. The summed E-state index contributed by atoms with van der Waals surface area (Å²) < 4.78 is 0. The zero-order chi connectivity index (χ0) is 19.1. The molecule has 2 bridgehead atoms. The van der Waals surface area contributed by atoms with Crippen molar-refractivity contribution >= 4 is 17.1 Å². The summed E-state index contributed by atoms with van der Waals surface area (Å²) in [7, 11) is 0. The minimum absolute atomic E-state index is 0.277. The number of phenols is 1. The van der Waals surface area contributed by atoms with Gasteiger partial charge in [-0.1, -0.05) is 25.0 Å². The molecule has 3 aliphatic rings. The summed E-state index contributed by atoms with van der Waals surface area (Å²) in [4.78, 5) is 0. The summed E-state index contributed by atoms with van der Waals surface area (Å²) in [6.07, 6.45) is 7.56. The van der Waals surface area contributed by atoms with Gasteiger partial charge >= 0.3 is 0 Å². The van der Waals surface area contributed by atoms with E-state index in [1.807, 2.05) is 12.1 Å². The molecule has 4 heteroatoms. The SMILES string of the molecule is CCNc1ccccc1Nc1cc2c(cc1O)[C@@]13CCCC[C@H]1[C@@H](C2)NCC3. The van der Waals surface area contributed by atoms with Crippen LogP contribution in [0.1, 0.15) is 50.2 Å². The van der Waals surface area contributed by atoms with Crippen LogP contribution in [-0.2, 0) is 11.8 Å². The van der Waals surface area contributed by atoms with Crippen LogP contribution in [0.15, 0.2) is 36.4 Å². The molecule has 5 rings (SSSR count). The molecule has 2 fully saturated rings. The fraction of sp³-hybridized carbons (Fsp3) is 0.500.